The van der Waals surface area contributed by atoms with Crippen LogP contribution in [0.5, 0.6) is 0 Å². The number of aromatic amines is 1. The average molecular weight is 253 g/mol. The van der Waals surface area contributed by atoms with Crippen molar-refractivity contribution in [3.63, 3.8) is 0 Å². The number of halogens is 1. The summed E-state index contributed by atoms with van der Waals surface area (Å²) in [5.74, 6) is -0.198. The SMILES string of the molecule is Cc1cc(C)c(-c2c[nH]c3ccc(F)cc23)c(C)c1. The number of hydrogen-bond acceptors (Lipinski definition) is 0. The molecule has 1 aromatic heterocycles. The molecule has 1 nitrogen and oxygen atoms in total. The molecule has 2 heteroatoms. The van der Waals surface area contributed by atoms with E-state index in [2.05, 4.69) is 37.9 Å². The van der Waals surface area contributed by atoms with Crippen molar-refractivity contribution in [2.45, 2.75) is 20.8 Å². The van der Waals surface area contributed by atoms with E-state index in [0.717, 1.165) is 16.5 Å². The predicted molar refractivity (Wildman–Crippen MR) is 77.9 cm³/mol. The molecule has 0 bridgehead atoms. The first-order chi connectivity index (χ1) is 9.06. The minimum absolute atomic E-state index is 0.198. The number of aryl methyl sites for hydroxylation is 3. The molecule has 0 aliphatic rings. The summed E-state index contributed by atoms with van der Waals surface area (Å²) in [6.45, 7) is 6.31. The maximum absolute atomic E-state index is 13.5. The maximum atomic E-state index is 13.5. The summed E-state index contributed by atoms with van der Waals surface area (Å²) >= 11 is 0. The van der Waals surface area contributed by atoms with Crippen molar-refractivity contribution in [1.29, 1.82) is 0 Å². The average Bonchev–Trinajstić information content (AvgIpc) is 2.71. The molecular formula is C17H16FN. The summed E-state index contributed by atoms with van der Waals surface area (Å²) in [6, 6.07) is 9.20. The molecule has 96 valence electrons. The van der Waals surface area contributed by atoms with Gasteiger partial charge in [0.2, 0.25) is 0 Å². The van der Waals surface area contributed by atoms with Gasteiger partial charge in [0, 0.05) is 22.7 Å². The fraction of sp³-hybridized carbons (Fsp3) is 0.176. The summed E-state index contributed by atoms with van der Waals surface area (Å²) in [5.41, 5.74) is 6.94. The fourth-order valence-electron chi connectivity index (χ4n) is 2.90. The molecule has 0 saturated carbocycles. The Morgan fingerprint density at radius 1 is 0.947 bits per heavy atom. The van der Waals surface area contributed by atoms with Gasteiger partial charge < -0.3 is 4.98 Å². The van der Waals surface area contributed by atoms with Gasteiger partial charge in [-0.25, -0.2) is 4.39 Å². The van der Waals surface area contributed by atoms with Crippen LogP contribution in [0.3, 0.4) is 0 Å². The Hall–Kier alpha value is -2.09. The van der Waals surface area contributed by atoms with Crippen LogP contribution in [-0.2, 0) is 0 Å². The van der Waals surface area contributed by atoms with E-state index < -0.39 is 0 Å². The van der Waals surface area contributed by atoms with Crippen molar-refractivity contribution in [3.05, 3.63) is 59.0 Å². The zero-order chi connectivity index (χ0) is 13.6. The lowest BCUT2D eigenvalue weighted by atomic mass is 9.93. The van der Waals surface area contributed by atoms with Crippen molar-refractivity contribution in [2.24, 2.45) is 0 Å². The van der Waals surface area contributed by atoms with E-state index in [0.29, 0.717) is 0 Å². The number of fused-ring (bicyclic) bond motifs is 1. The van der Waals surface area contributed by atoms with E-state index in [9.17, 15) is 4.39 Å². The second kappa shape index (κ2) is 4.23. The Morgan fingerprint density at radius 3 is 2.32 bits per heavy atom. The molecule has 1 N–H and O–H groups in total. The predicted octanol–water partition coefficient (Wildman–Crippen LogP) is 4.90. The van der Waals surface area contributed by atoms with Gasteiger partial charge in [-0.05, 0) is 55.7 Å². The minimum atomic E-state index is -0.198. The second-order valence-corrected chi connectivity index (χ2v) is 5.17. The number of rotatable bonds is 1. The molecular weight excluding hydrogens is 237 g/mol. The quantitative estimate of drug-likeness (QED) is 0.635. The molecule has 0 radical (unpaired) electrons. The van der Waals surface area contributed by atoms with Gasteiger partial charge in [-0.1, -0.05) is 17.7 Å². The number of nitrogens with one attached hydrogen (secondary N) is 1. The molecule has 1 heterocycles. The van der Waals surface area contributed by atoms with Gasteiger partial charge >= 0.3 is 0 Å². The molecule has 0 atom stereocenters. The molecule has 3 rings (SSSR count). The van der Waals surface area contributed by atoms with Crippen LogP contribution in [0.15, 0.2) is 36.5 Å². The molecule has 2 aromatic carbocycles. The molecule has 19 heavy (non-hydrogen) atoms. The normalized spacial score (nSPS) is 11.2. The molecule has 0 unspecified atom stereocenters. The van der Waals surface area contributed by atoms with Gasteiger partial charge in [0.15, 0.2) is 0 Å². The highest BCUT2D eigenvalue weighted by molar-refractivity contribution is 5.97. The van der Waals surface area contributed by atoms with Gasteiger partial charge in [0.1, 0.15) is 5.82 Å². The van der Waals surface area contributed by atoms with Crippen molar-refractivity contribution >= 4 is 10.9 Å². The first-order valence-electron chi connectivity index (χ1n) is 6.41. The van der Waals surface area contributed by atoms with Crippen LogP contribution in [0.4, 0.5) is 4.39 Å². The van der Waals surface area contributed by atoms with Crippen molar-refractivity contribution in [3.8, 4) is 11.1 Å². The highest BCUT2D eigenvalue weighted by atomic mass is 19.1. The molecule has 0 saturated heterocycles. The zero-order valence-electron chi connectivity index (χ0n) is 11.3. The summed E-state index contributed by atoms with van der Waals surface area (Å²) in [6.07, 6.45) is 1.97. The van der Waals surface area contributed by atoms with Crippen molar-refractivity contribution in [1.82, 2.24) is 4.98 Å². The highest BCUT2D eigenvalue weighted by Gasteiger charge is 2.12. The van der Waals surface area contributed by atoms with E-state index >= 15 is 0 Å². The summed E-state index contributed by atoms with van der Waals surface area (Å²) < 4.78 is 13.5. The van der Waals surface area contributed by atoms with Crippen LogP contribution in [0.1, 0.15) is 16.7 Å². The van der Waals surface area contributed by atoms with Crippen molar-refractivity contribution < 1.29 is 4.39 Å². The van der Waals surface area contributed by atoms with Gasteiger partial charge in [0.25, 0.3) is 0 Å². The van der Waals surface area contributed by atoms with Crippen LogP contribution < -0.4 is 0 Å². The number of aromatic nitrogens is 1. The van der Waals surface area contributed by atoms with Gasteiger partial charge in [0.05, 0.1) is 0 Å². The Labute approximate surface area is 112 Å². The third-order valence-corrected chi connectivity index (χ3v) is 3.59. The Balaban J connectivity index is 2.33. The zero-order valence-corrected chi connectivity index (χ0v) is 11.3. The van der Waals surface area contributed by atoms with Crippen molar-refractivity contribution in [2.75, 3.05) is 0 Å². The second-order valence-electron chi connectivity index (χ2n) is 5.17. The van der Waals surface area contributed by atoms with E-state index in [-0.39, 0.29) is 5.82 Å². The van der Waals surface area contributed by atoms with E-state index in [1.54, 1.807) is 12.1 Å². The van der Waals surface area contributed by atoms with Gasteiger partial charge in [-0.15, -0.1) is 0 Å². The third-order valence-electron chi connectivity index (χ3n) is 3.59. The smallest absolute Gasteiger partial charge is 0.123 e. The summed E-state index contributed by atoms with van der Waals surface area (Å²) in [4.78, 5) is 3.22. The summed E-state index contributed by atoms with van der Waals surface area (Å²) in [5, 5.41) is 0.940. The minimum Gasteiger partial charge on any atom is -0.361 e. The Kier molecular flexibility index (Phi) is 2.67. The Morgan fingerprint density at radius 2 is 1.63 bits per heavy atom. The number of benzene rings is 2. The number of hydrogen-bond donors (Lipinski definition) is 1. The molecule has 0 amide bonds. The van der Waals surface area contributed by atoms with E-state index in [1.807, 2.05) is 6.20 Å². The fourth-order valence-corrected chi connectivity index (χ4v) is 2.90. The molecule has 3 aromatic rings. The molecule has 0 aliphatic heterocycles. The van der Waals surface area contributed by atoms with Crippen LogP contribution in [0, 0.1) is 26.6 Å². The van der Waals surface area contributed by atoms with Crippen LogP contribution in [-0.4, -0.2) is 4.98 Å². The van der Waals surface area contributed by atoms with Crippen LogP contribution in [0.25, 0.3) is 22.0 Å². The van der Waals surface area contributed by atoms with Gasteiger partial charge in [-0.2, -0.15) is 0 Å². The van der Waals surface area contributed by atoms with E-state index in [4.69, 9.17) is 0 Å². The standard InChI is InChI=1S/C17H16FN/c1-10-6-11(2)17(12(3)7-10)15-9-19-16-5-4-13(18)8-14(15)16/h4-9,19H,1-3H3. The summed E-state index contributed by atoms with van der Waals surface area (Å²) in [7, 11) is 0. The topological polar surface area (TPSA) is 15.8 Å². The number of H-pyrrole nitrogens is 1. The lowest BCUT2D eigenvalue weighted by molar-refractivity contribution is 0.630. The molecule has 0 aliphatic carbocycles. The Bertz CT molecular complexity index is 745. The van der Waals surface area contributed by atoms with E-state index in [1.165, 1.54) is 28.3 Å². The lowest BCUT2D eigenvalue weighted by Crippen LogP contribution is -1.89. The molecule has 0 spiro atoms. The maximum Gasteiger partial charge on any atom is 0.123 e. The van der Waals surface area contributed by atoms with Crippen LogP contribution in [0.2, 0.25) is 0 Å². The molecule has 0 fully saturated rings. The lowest BCUT2D eigenvalue weighted by Gasteiger charge is -2.10. The third kappa shape index (κ3) is 1.93. The highest BCUT2D eigenvalue weighted by Crippen LogP contribution is 2.34. The van der Waals surface area contributed by atoms with Gasteiger partial charge in [-0.3, -0.25) is 0 Å². The largest absolute Gasteiger partial charge is 0.361 e. The van der Waals surface area contributed by atoms with Crippen LogP contribution >= 0.6 is 0 Å². The first-order valence-corrected chi connectivity index (χ1v) is 6.41. The monoisotopic (exact) mass is 253 g/mol. The first kappa shape index (κ1) is 12.0.